The first-order valence-corrected chi connectivity index (χ1v) is 9.60. The Labute approximate surface area is 182 Å². The number of aliphatic imine (C=N–C) groups is 1. The molecule has 0 saturated carbocycles. The van der Waals surface area contributed by atoms with Crippen LogP contribution in [0.15, 0.2) is 29.4 Å². The monoisotopic (exact) mass is 504 g/mol. The summed E-state index contributed by atoms with van der Waals surface area (Å²) in [6.07, 6.45) is 1.89. The normalized spacial score (nSPS) is 11.0. The Balaban J connectivity index is 0.00000364. The van der Waals surface area contributed by atoms with Gasteiger partial charge in [-0.1, -0.05) is 12.1 Å². The molecule has 6 nitrogen and oxygen atoms in total. The summed E-state index contributed by atoms with van der Waals surface area (Å²) in [5.74, 6) is 1.63. The molecule has 150 valence electrons. The van der Waals surface area contributed by atoms with Crippen LogP contribution in [0.5, 0.6) is 5.75 Å². The van der Waals surface area contributed by atoms with Gasteiger partial charge in [0.2, 0.25) is 0 Å². The molecular formula is C19H29IN4O2S. The molecule has 0 aliphatic heterocycles. The van der Waals surface area contributed by atoms with Crippen LogP contribution in [0.4, 0.5) is 0 Å². The molecule has 0 aliphatic rings. The van der Waals surface area contributed by atoms with Crippen LogP contribution in [0.25, 0.3) is 0 Å². The minimum atomic E-state index is 0. The Bertz CT molecular complexity index is 721. The van der Waals surface area contributed by atoms with E-state index in [1.807, 2.05) is 20.0 Å². The molecule has 1 aromatic heterocycles. The molecule has 2 N–H and O–H groups in total. The molecule has 0 aliphatic carbocycles. The summed E-state index contributed by atoms with van der Waals surface area (Å²) in [5, 5.41) is 7.71. The van der Waals surface area contributed by atoms with Crippen molar-refractivity contribution < 1.29 is 9.47 Å². The Morgan fingerprint density at radius 2 is 1.96 bits per heavy atom. The van der Waals surface area contributed by atoms with Gasteiger partial charge in [-0.15, -0.1) is 35.3 Å². The third kappa shape index (κ3) is 8.44. The smallest absolute Gasteiger partial charge is 0.191 e. The molecule has 0 saturated heterocycles. The Hall–Kier alpha value is -1.39. The molecule has 0 atom stereocenters. The van der Waals surface area contributed by atoms with E-state index in [2.05, 4.69) is 45.7 Å². The molecule has 0 fully saturated rings. The molecule has 0 spiro atoms. The second-order valence-electron chi connectivity index (χ2n) is 5.78. The lowest BCUT2D eigenvalue weighted by Crippen LogP contribution is -2.36. The summed E-state index contributed by atoms with van der Waals surface area (Å²) < 4.78 is 11.2. The lowest BCUT2D eigenvalue weighted by atomic mass is 10.1. The van der Waals surface area contributed by atoms with Crippen molar-refractivity contribution in [1.29, 1.82) is 0 Å². The summed E-state index contributed by atoms with van der Waals surface area (Å²) in [6, 6.07) is 6.22. The van der Waals surface area contributed by atoms with E-state index in [-0.39, 0.29) is 24.0 Å². The van der Waals surface area contributed by atoms with Gasteiger partial charge in [-0.05, 0) is 32.4 Å². The van der Waals surface area contributed by atoms with E-state index in [1.165, 1.54) is 10.4 Å². The number of rotatable bonds is 9. The van der Waals surface area contributed by atoms with Gasteiger partial charge in [-0.2, -0.15) is 0 Å². The molecule has 0 unspecified atom stereocenters. The number of hydrogen-bond acceptors (Lipinski definition) is 5. The van der Waals surface area contributed by atoms with Gasteiger partial charge >= 0.3 is 0 Å². The maximum absolute atomic E-state index is 5.89. The zero-order valence-corrected chi connectivity index (χ0v) is 19.5. The number of halogens is 1. The fourth-order valence-corrected chi connectivity index (χ4v) is 3.09. The van der Waals surface area contributed by atoms with Crippen LogP contribution in [0, 0.1) is 13.8 Å². The Kier molecular flexibility index (Phi) is 11.3. The van der Waals surface area contributed by atoms with E-state index in [9.17, 15) is 0 Å². The van der Waals surface area contributed by atoms with Crippen LogP contribution in [-0.4, -0.2) is 37.8 Å². The van der Waals surface area contributed by atoms with Crippen LogP contribution in [0.1, 0.15) is 27.9 Å². The highest BCUT2D eigenvalue weighted by molar-refractivity contribution is 14.0. The van der Waals surface area contributed by atoms with E-state index in [0.717, 1.165) is 22.3 Å². The van der Waals surface area contributed by atoms with Crippen LogP contribution >= 0.6 is 35.3 Å². The van der Waals surface area contributed by atoms with Gasteiger partial charge in [-0.3, -0.25) is 4.99 Å². The van der Waals surface area contributed by atoms with Crippen LogP contribution in [0.3, 0.4) is 0 Å². The zero-order valence-electron chi connectivity index (χ0n) is 16.4. The van der Waals surface area contributed by atoms with Gasteiger partial charge < -0.3 is 20.1 Å². The van der Waals surface area contributed by atoms with Crippen molar-refractivity contribution in [1.82, 2.24) is 15.6 Å². The quantitative estimate of drug-likeness (QED) is 0.236. The maximum Gasteiger partial charge on any atom is 0.191 e. The van der Waals surface area contributed by atoms with Gasteiger partial charge in [0.05, 0.1) is 18.2 Å². The van der Waals surface area contributed by atoms with E-state index < -0.39 is 0 Å². The third-order valence-electron chi connectivity index (χ3n) is 3.68. The summed E-state index contributed by atoms with van der Waals surface area (Å²) in [5.41, 5.74) is 2.26. The number of nitrogens with one attached hydrogen (secondary N) is 2. The lowest BCUT2D eigenvalue weighted by Gasteiger charge is -2.15. The number of thiazole rings is 1. The highest BCUT2D eigenvalue weighted by Gasteiger charge is 2.07. The highest BCUT2D eigenvalue weighted by Crippen LogP contribution is 2.20. The maximum atomic E-state index is 5.89. The second kappa shape index (κ2) is 12.9. The first-order chi connectivity index (χ1) is 12.6. The van der Waals surface area contributed by atoms with Crippen molar-refractivity contribution in [2.45, 2.75) is 33.9 Å². The minimum Gasteiger partial charge on any atom is -0.491 e. The molecule has 8 heteroatoms. The SMILES string of the molecule is CCOCCOc1cc(C)ccc1CNC(=NC)NCc1cnc(C)s1.I. The number of ether oxygens (including phenoxy) is 2. The molecule has 2 rings (SSSR count). The molecule has 0 bridgehead atoms. The van der Waals surface area contributed by atoms with Gasteiger partial charge in [0.15, 0.2) is 5.96 Å². The van der Waals surface area contributed by atoms with Gasteiger partial charge in [0.25, 0.3) is 0 Å². The zero-order chi connectivity index (χ0) is 18.8. The minimum absolute atomic E-state index is 0. The number of hydrogen-bond donors (Lipinski definition) is 2. The van der Waals surface area contributed by atoms with E-state index in [1.54, 1.807) is 18.4 Å². The van der Waals surface area contributed by atoms with Crippen molar-refractivity contribution in [3.63, 3.8) is 0 Å². The molecule has 1 heterocycles. The average molecular weight is 504 g/mol. The predicted molar refractivity (Wildman–Crippen MR) is 122 cm³/mol. The molecule has 2 aromatic rings. The van der Waals surface area contributed by atoms with E-state index in [0.29, 0.717) is 32.9 Å². The van der Waals surface area contributed by atoms with Gasteiger partial charge in [0, 0.05) is 36.8 Å². The number of aryl methyl sites for hydroxylation is 2. The molecule has 0 amide bonds. The van der Waals surface area contributed by atoms with Crippen molar-refractivity contribution >= 4 is 41.3 Å². The largest absolute Gasteiger partial charge is 0.491 e. The number of guanidine groups is 1. The van der Waals surface area contributed by atoms with Crippen molar-refractivity contribution in [2.75, 3.05) is 26.9 Å². The van der Waals surface area contributed by atoms with E-state index >= 15 is 0 Å². The first-order valence-electron chi connectivity index (χ1n) is 8.78. The highest BCUT2D eigenvalue weighted by atomic mass is 127. The summed E-state index contributed by atoms with van der Waals surface area (Å²) in [6.45, 7) is 9.22. The topological polar surface area (TPSA) is 67.8 Å². The van der Waals surface area contributed by atoms with Crippen molar-refractivity contribution in [3.05, 3.63) is 45.4 Å². The first kappa shape index (κ1) is 23.6. The number of aromatic nitrogens is 1. The number of nitrogens with zero attached hydrogens (tertiary/aromatic N) is 2. The average Bonchev–Trinajstić information content (AvgIpc) is 3.05. The third-order valence-corrected chi connectivity index (χ3v) is 4.59. The van der Waals surface area contributed by atoms with Crippen LogP contribution < -0.4 is 15.4 Å². The fraction of sp³-hybridized carbons (Fsp3) is 0.474. The summed E-state index contributed by atoms with van der Waals surface area (Å²) >= 11 is 1.68. The standard InChI is InChI=1S/C19H28N4O2S.HI/c1-5-24-8-9-25-18-10-14(2)6-7-16(18)11-22-19(20-4)23-13-17-12-21-15(3)26-17;/h6-7,10,12H,5,8-9,11,13H2,1-4H3,(H2,20,22,23);1H. The summed E-state index contributed by atoms with van der Waals surface area (Å²) in [4.78, 5) is 9.72. The van der Waals surface area contributed by atoms with E-state index in [4.69, 9.17) is 9.47 Å². The molecule has 27 heavy (non-hydrogen) atoms. The van der Waals surface area contributed by atoms with Crippen molar-refractivity contribution in [3.8, 4) is 5.75 Å². The second-order valence-corrected chi connectivity index (χ2v) is 7.10. The lowest BCUT2D eigenvalue weighted by molar-refractivity contribution is 0.110. The molecule has 1 aromatic carbocycles. The Morgan fingerprint density at radius 1 is 1.19 bits per heavy atom. The van der Waals surface area contributed by atoms with Crippen LogP contribution in [-0.2, 0) is 17.8 Å². The summed E-state index contributed by atoms with van der Waals surface area (Å²) in [7, 11) is 1.77. The number of benzene rings is 1. The Morgan fingerprint density at radius 3 is 2.63 bits per heavy atom. The predicted octanol–water partition coefficient (Wildman–Crippen LogP) is 3.66. The van der Waals surface area contributed by atoms with Gasteiger partial charge in [-0.25, -0.2) is 4.98 Å². The van der Waals surface area contributed by atoms with Crippen molar-refractivity contribution in [2.24, 2.45) is 4.99 Å². The fourth-order valence-electron chi connectivity index (χ4n) is 2.35. The van der Waals surface area contributed by atoms with Gasteiger partial charge in [0.1, 0.15) is 12.4 Å². The molecule has 0 radical (unpaired) electrons. The van der Waals surface area contributed by atoms with Crippen LogP contribution in [0.2, 0.25) is 0 Å². The molecular weight excluding hydrogens is 475 g/mol.